The highest BCUT2D eigenvalue weighted by Gasteiger charge is 2.16. The molecule has 0 bridgehead atoms. The molecule has 4 N–H and O–H groups in total. The first-order chi connectivity index (χ1) is 9.54. The van der Waals surface area contributed by atoms with Crippen LogP contribution >= 0.6 is 22.9 Å². The molecule has 10 heteroatoms. The fourth-order valence-corrected chi connectivity index (χ4v) is 2.60. The maximum Gasteiger partial charge on any atom is 0.271 e. The molecule has 0 atom stereocenters. The Morgan fingerprint density at radius 2 is 2.45 bits per heavy atom. The average Bonchev–Trinajstić information content (AvgIpc) is 3.01. The second-order valence-corrected chi connectivity index (χ2v) is 5.60. The lowest BCUT2D eigenvalue weighted by atomic mass is 10.3. The van der Waals surface area contributed by atoms with Crippen LogP contribution in [0.15, 0.2) is 6.20 Å². The van der Waals surface area contributed by atoms with E-state index in [1.165, 1.54) is 11.3 Å². The Kier molecular flexibility index (Phi) is 3.07. The standard InChI is InChI=1S/C10H10ClN7OS/c1-4-17-18-3-5(14-10(18)20-4)2-13-9(19)7-6(11)8(12)16-15-7/h3H,2H2,1H3,(H,13,19)(H3,12,15,16). The first-order valence-electron chi connectivity index (χ1n) is 5.64. The van der Waals surface area contributed by atoms with Crippen molar-refractivity contribution in [2.45, 2.75) is 13.5 Å². The largest absolute Gasteiger partial charge is 0.381 e. The molecule has 3 heterocycles. The third-order valence-corrected chi connectivity index (χ3v) is 3.80. The van der Waals surface area contributed by atoms with E-state index in [1.54, 1.807) is 10.7 Å². The van der Waals surface area contributed by atoms with E-state index < -0.39 is 0 Å². The van der Waals surface area contributed by atoms with Crippen LogP contribution in [0.2, 0.25) is 5.02 Å². The van der Waals surface area contributed by atoms with E-state index in [9.17, 15) is 4.79 Å². The van der Waals surface area contributed by atoms with E-state index in [-0.39, 0.29) is 29.0 Å². The Morgan fingerprint density at radius 1 is 1.65 bits per heavy atom. The van der Waals surface area contributed by atoms with Crippen molar-refractivity contribution in [3.05, 3.63) is 27.6 Å². The van der Waals surface area contributed by atoms with E-state index >= 15 is 0 Å². The molecule has 0 aliphatic carbocycles. The predicted molar refractivity (Wildman–Crippen MR) is 74.8 cm³/mol. The van der Waals surface area contributed by atoms with Gasteiger partial charge in [-0.25, -0.2) is 9.50 Å². The van der Waals surface area contributed by atoms with Gasteiger partial charge >= 0.3 is 0 Å². The van der Waals surface area contributed by atoms with E-state index in [1.807, 2.05) is 6.92 Å². The smallest absolute Gasteiger partial charge is 0.271 e. The number of aromatic nitrogens is 5. The zero-order chi connectivity index (χ0) is 14.3. The molecule has 0 saturated carbocycles. The number of amides is 1. The topological polar surface area (TPSA) is 114 Å². The molecule has 0 aromatic carbocycles. The van der Waals surface area contributed by atoms with E-state index in [4.69, 9.17) is 17.3 Å². The number of H-pyrrole nitrogens is 1. The lowest BCUT2D eigenvalue weighted by molar-refractivity contribution is 0.0945. The summed E-state index contributed by atoms with van der Waals surface area (Å²) >= 11 is 7.33. The van der Waals surface area contributed by atoms with Crippen molar-refractivity contribution in [2.24, 2.45) is 0 Å². The highest BCUT2D eigenvalue weighted by molar-refractivity contribution is 7.16. The van der Waals surface area contributed by atoms with Crippen LogP contribution in [-0.2, 0) is 6.54 Å². The summed E-state index contributed by atoms with van der Waals surface area (Å²) in [7, 11) is 0. The highest BCUT2D eigenvalue weighted by Crippen LogP contribution is 2.19. The molecule has 0 aliphatic heterocycles. The van der Waals surface area contributed by atoms with Crippen molar-refractivity contribution in [3.8, 4) is 0 Å². The number of rotatable bonds is 3. The number of imidazole rings is 1. The van der Waals surface area contributed by atoms with Gasteiger partial charge in [-0.15, -0.1) is 0 Å². The van der Waals surface area contributed by atoms with E-state index in [2.05, 4.69) is 25.6 Å². The molecule has 0 fully saturated rings. The number of halogens is 1. The molecule has 3 aromatic rings. The zero-order valence-corrected chi connectivity index (χ0v) is 11.9. The third kappa shape index (κ3) is 2.21. The van der Waals surface area contributed by atoms with Crippen molar-refractivity contribution in [1.29, 1.82) is 0 Å². The van der Waals surface area contributed by atoms with Crippen molar-refractivity contribution in [1.82, 2.24) is 30.1 Å². The SMILES string of the molecule is Cc1nn2cc(CNC(=O)c3[nH]nc(N)c3Cl)nc2s1. The van der Waals surface area contributed by atoms with Gasteiger partial charge in [-0.1, -0.05) is 22.9 Å². The van der Waals surface area contributed by atoms with E-state index in [0.29, 0.717) is 5.69 Å². The minimum absolute atomic E-state index is 0.0963. The predicted octanol–water partition coefficient (Wildman–Crippen LogP) is 0.988. The number of carbonyl (C=O) groups is 1. The Balaban J connectivity index is 1.71. The number of hydrogen-bond acceptors (Lipinski definition) is 6. The maximum absolute atomic E-state index is 11.9. The number of nitrogens with zero attached hydrogens (tertiary/aromatic N) is 4. The first-order valence-corrected chi connectivity index (χ1v) is 6.83. The second-order valence-electron chi connectivity index (χ2n) is 4.06. The summed E-state index contributed by atoms with van der Waals surface area (Å²) < 4.78 is 1.68. The van der Waals surface area contributed by atoms with Gasteiger partial charge in [-0.2, -0.15) is 10.2 Å². The lowest BCUT2D eigenvalue weighted by Crippen LogP contribution is -2.23. The molecule has 0 radical (unpaired) electrons. The fraction of sp³-hybridized carbons (Fsp3) is 0.200. The van der Waals surface area contributed by atoms with Gasteiger partial charge in [0.1, 0.15) is 15.7 Å². The number of hydrogen-bond donors (Lipinski definition) is 3. The number of aryl methyl sites for hydroxylation is 1. The number of nitrogens with one attached hydrogen (secondary N) is 2. The number of fused-ring (bicyclic) bond motifs is 1. The van der Waals surface area contributed by atoms with Crippen LogP contribution in [0, 0.1) is 6.92 Å². The zero-order valence-electron chi connectivity index (χ0n) is 10.3. The lowest BCUT2D eigenvalue weighted by Gasteiger charge is -2.00. The summed E-state index contributed by atoms with van der Waals surface area (Å²) in [4.78, 5) is 17.0. The number of nitrogens with two attached hydrogens (primary N) is 1. The van der Waals surface area contributed by atoms with Crippen molar-refractivity contribution < 1.29 is 4.79 Å². The van der Waals surface area contributed by atoms with Gasteiger partial charge in [0.2, 0.25) is 4.96 Å². The molecule has 104 valence electrons. The van der Waals surface area contributed by atoms with Crippen LogP contribution in [0.4, 0.5) is 5.82 Å². The molecule has 3 aromatic heterocycles. The number of anilines is 1. The van der Waals surface area contributed by atoms with Gasteiger partial charge in [0.25, 0.3) is 5.91 Å². The molecule has 1 amide bonds. The Bertz CT molecular complexity index is 757. The fourth-order valence-electron chi connectivity index (χ4n) is 1.68. The Labute approximate surface area is 122 Å². The summed E-state index contributed by atoms with van der Waals surface area (Å²) in [6, 6.07) is 0. The minimum atomic E-state index is -0.389. The van der Waals surface area contributed by atoms with Gasteiger partial charge in [0.05, 0.1) is 18.4 Å². The van der Waals surface area contributed by atoms with Crippen LogP contribution in [0.25, 0.3) is 4.96 Å². The van der Waals surface area contributed by atoms with Gasteiger partial charge in [-0.05, 0) is 6.92 Å². The molecule has 0 saturated heterocycles. The Hall–Kier alpha value is -2.13. The average molecular weight is 312 g/mol. The van der Waals surface area contributed by atoms with Crippen molar-refractivity contribution >= 4 is 39.6 Å². The molecule has 0 unspecified atom stereocenters. The van der Waals surface area contributed by atoms with Gasteiger partial charge in [0, 0.05) is 0 Å². The van der Waals surface area contributed by atoms with Crippen LogP contribution in [0.5, 0.6) is 0 Å². The monoisotopic (exact) mass is 311 g/mol. The molecule has 0 spiro atoms. The van der Waals surface area contributed by atoms with E-state index in [0.717, 1.165) is 9.97 Å². The normalized spacial score (nSPS) is 11.1. The molecular weight excluding hydrogens is 302 g/mol. The summed E-state index contributed by atoms with van der Waals surface area (Å²) in [6.45, 7) is 2.18. The minimum Gasteiger partial charge on any atom is -0.381 e. The summed E-state index contributed by atoms with van der Waals surface area (Å²) in [5.74, 6) is -0.293. The third-order valence-electron chi connectivity index (χ3n) is 2.58. The van der Waals surface area contributed by atoms with Crippen molar-refractivity contribution in [3.63, 3.8) is 0 Å². The van der Waals surface area contributed by atoms with Crippen LogP contribution in [-0.4, -0.2) is 30.7 Å². The molecule has 0 aliphatic rings. The summed E-state index contributed by atoms with van der Waals surface area (Å²) in [6.07, 6.45) is 1.77. The van der Waals surface area contributed by atoms with Gasteiger partial charge in [0.15, 0.2) is 5.82 Å². The quantitative estimate of drug-likeness (QED) is 0.667. The van der Waals surface area contributed by atoms with Crippen LogP contribution in [0.3, 0.4) is 0 Å². The van der Waals surface area contributed by atoms with Crippen molar-refractivity contribution in [2.75, 3.05) is 5.73 Å². The number of carbonyl (C=O) groups excluding carboxylic acids is 1. The van der Waals surface area contributed by atoms with Crippen LogP contribution < -0.4 is 11.1 Å². The first kappa shape index (κ1) is 12.9. The van der Waals surface area contributed by atoms with Gasteiger partial charge in [-0.3, -0.25) is 9.89 Å². The molecule has 8 nitrogen and oxygen atoms in total. The highest BCUT2D eigenvalue weighted by atomic mass is 35.5. The molecule has 3 rings (SSSR count). The second kappa shape index (κ2) is 4.76. The molecular formula is C10H10ClN7OS. The molecule has 20 heavy (non-hydrogen) atoms. The Morgan fingerprint density at radius 3 is 3.10 bits per heavy atom. The summed E-state index contributed by atoms with van der Waals surface area (Å²) in [5, 5.41) is 14.1. The maximum atomic E-state index is 11.9. The van der Waals surface area contributed by atoms with Crippen LogP contribution in [0.1, 0.15) is 21.2 Å². The van der Waals surface area contributed by atoms with Gasteiger partial charge < -0.3 is 11.1 Å². The summed E-state index contributed by atoms with van der Waals surface area (Å²) in [5.41, 5.74) is 6.31. The number of nitrogen functional groups attached to an aromatic ring is 1. The number of aromatic amines is 1.